The van der Waals surface area contributed by atoms with Gasteiger partial charge in [-0.2, -0.15) is 0 Å². The number of aliphatic hydroxyl groups is 1. The predicted octanol–water partition coefficient (Wildman–Crippen LogP) is 2.32. The van der Waals surface area contributed by atoms with Crippen LogP contribution in [0.5, 0.6) is 0 Å². The number of thioether (sulfide) groups is 1. The van der Waals surface area contributed by atoms with Crippen molar-refractivity contribution in [2.24, 2.45) is 16.8 Å². The Labute approximate surface area is 90.2 Å². The summed E-state index contributed by atoms with van der Waals surface area (Å²) < 4.78 is 0. The highest BCUT2D eigenvalue weighted by Gasteiger charge is 2.43. The molecule has 0 amide bonds. The Morgan fingerprint density at radius 2 is 2.29 bits per heavy atom. The van der Waals surface area contributed by atoms with Gasteiger partial charge in [0.25, 0.3) is 0 Å². The zero-order chi connectivity index (χ0) is 10.0. The summed E-state index contributed by atoms with van der Waals surface area (Å²) in [6.45, 7) is 2.53. The van der Waals surface area contributed by atoms with Gasteiger partial charge in [0, 0.05) is 12.0 Å². The summed E-state index contributed by atoms with van der Waals surface area (Å²) in [6.07, 6.45) is 7.19. The van der Waals surface area contributed by atoms with Crippen molar-refractivity contribution in [1.29, 1.82) is 0 Å². The number of hydrogen-bond donors (Lipinski definition) is 1. The van der Waals surface area contributed by atoms with Crippen molar-refractivity contribution in [2.45, 2.75) is 37.5 Å². The summed E-state index contributed by atoms with van der Waals surface area (Å²) in [7, 11) is 0. The molecule has 1 fully saturated rings. The minimum Gasteiger partial charge on any atom is -0.393 e. The molecule has 0 aromatic carbocycles. The molecule has 3 heteroatoms. The van der Waals surface area contributed by atoms with Crippen molar-refractivity contribution in [3.63, 3.8) is 0 Å². The SMILES string of the molecule is CC1CCCCC1C1(CO)N=CCS1. The fourth-order valence-electron chi connectivity index (χ4n) is 2.80. The summed E-state index contributed by atoms with van der Waals surface area (Å²) in [5, 5.41) is 9.55. The first-order valence-electron chi connectivity index (χ1n) is 5.57. The number of rotatable bonds is 2. The standard InChI is InChI=1S/C11H19NOS/c1-9-4-2-3-5-10(9)11(8-13)12-6-7-14-11/h6,9-10,13H,2-5,7-8H2,1H3. The molecule has 0 aromatic rings. The van der Waals surface area contributed by atoms with Crippen molar-refractivity contribution in [3.8, 4) is 0 Å². The van der Waals surface area contributed by atoms with E-state index < -0.39 is 0 Å². The zero-order valence-corrected chi connectivity index (χ0v) is 9.59. The second-order valence-corrected chi connectivity index (χ2v) is 5.82. The average molecular weight is 213 g/mol. The molecule has 0 aromatic heterocycles. The quantitative estimate of drug-likeness (QED) is 0.763. The maximum atomic E-state index is 9.55. The maximum Gasteiger partial charge on any atom is 0.132 e. The van der Waals surface area contributed by atoms with Crippen LogP contribution in [0, 0.1) is 11.8 Å². The molecule has 1 N–H and O–H groups in total. The summed E-state index contributed by atoms with van der Waals surface area (Å²) >= 11 is 1.83. The van der Waals surface area contributed by atoms with Gasteiger partial charge < -0.3 is 5.11 Å². The topological polar surface area (TPSA) is 32.6 Å². The Morgan fingerprint density at radius 1 is 1.50 bits per heavy atom. The molecule has 1 aliphatic carbocycles. The van der Waals surface area contributed by atoms with Crippen molar-refractivity contribution in [1.82, 2.24) is 0 Å². The second kappa shape index (κ2) is 4.23. The van der Waals surface area contributed by atoms with E-state index in [0.717, 1.165) is 11.7 Å². The van der Waals surface area contributed by atoms with Gasteiger partial charge in [-0.3, -0.25) is 4.99 Å². The van der Waals surface area contributed by atoms with Gasteiger partial charge >= 0.3 is 0 Å². The maximum absolute atomic E-state index is 9.55. The molecule has 3 unspecified atom stereocenters. The minimum absolute atomic E-state index is 0.181. The fraction of sp³-hybridized carbons (Fsp3) is 0.909. The van der Waals surface area contributed by atoms with Gasteiger partial charge in [-0.15, -0.1) is 11.8 Å². The third kappa shape index (κ3) is 1.72. The van der Waals surface area contributed by atoms with Crippen LogP contribution in [0.25, 0.3) is 0 Å². The van der Waals surface area contributed by atoms with Gasteiger partial charge in [0.05, 0.1) is 6.61 Å². The summed E-state index contributed by atoms with van der Waals surface area (Å²) in [5.74, 6) is 2.28. The van der Waals surface area contributed by atoms with E-state index >= 15 is 0 Å². The van der Waals surface area contributed by atoms with E-state index in [-0.39, 0.29) is 11.5 Å². The molecule has 1 saturated carbocycles. The van der Waals surface area contributed by atoms with Crippen LogP contribution >= 0.6 is 11.8 Å². The summed E-state index contributed by atoms with van der Waals surface area (Å²) in [5.41, 5.74) is 0. The molecular weight excluding hydrogens is 194 g/mol. The van der Waals surface area contributed by atoms with Crippen LogP contribution in [-0.2, 0) is 0 Å². The Kier molecular flexibility index (Phi) is 3.17. The minimum atomic E-state index is -0.181. The van der Waals surface area contributed by atoms with Gasteiger partial charge in [0.2, 0.25) is 0 Å². The zero-order valence-electron chi connectivity index (χ0n) is 8.78. The molecule has 2 aliphatic rings. The number of hydrogen-bond acceptors (Lipinski definition) is 3. The molecule has 0 saturated heterocycles. The summed E-state index contributed by atoms with van der Waals surface area (Å²) in [6, 6.07) is 0. The van der Waals surface area contributed by atoms with E-state index in [4.69, 9.17) is 0 Å². The third-order valence-electron chi connectivity index (χ3n) is 3.64. The van der Waals surface area contributed by atoms with Crippen molar-refractivity contribution in [2.75, 3.05) is 12.4 Å². The van der Waals surface area contributed by atoms with E-state index in [2.05, 4.69) is 11.9 Å². The fourth-order valence-corrected chi connectivity index (χ4v) is 4.05. The van der Waals surface area contributed by atoms with Crippen LogP contribution in [0.2, 0.25) is 0 Å². The molecule has 2 rings (SSSR count). The lowest BCUT2D eigenvalue weighted by Crippen LogP contribution is -2.40. The normalized spacial score (nSPS) is 43.0. The van der Waals surface area contributed by atoms with Gasteiger partial charge in [0.15, 0.2) is 0 Å². The van der Waals surface area contributed by atoms with Crippen LogP contribution in [0.3, 0.4) is 0 Å². The largest absolute Gasteiger partial charge is 0.393 e. The Hall–Kier alpha value is -0.0200. The molecule has 2 nitrogen and oxygen atoms in total. The van der Waals surface area contributed by atoms with Gasteiger partial charge in [0.1, 0.15) is 4.87 Å². The van der Waals surface area contributed by atoms with Crippen LogP contribution < -0.4 is 0 Å². The molecule has 0 bridgehead atoms. The highest BCUT2D eigenvalue weighted by molar-refractivity contribution is 8.01. The van der Waals surface area contributed by atoms with Crippen molar-refractivity contribution >= 4 is 18.0 Å². The summed E-state index contributed by atoms with van der Waals surface area (Å²) in [4.78, 5) is 4.37. The average Bonchev–Trinajstić information content (AvgIpc) is 2.68. The smallest absolute Gasteiger partial charge is 0.132 e. The molecule has 1 aliphatic heterocycles. The molecule has 80 valence electrons. The van der Waals surface area contributed by atoms with Crippen LogP contribution in [-0.4, -0.2) is 28.6 Å². The lowest BCUT2D eigenvalue weighted by molar-refractivity contribution is 0.141. The predicted molar refractivity (Wildman–Crippen MR) is 61.9 cm³/mol. The molecule has 14 heavy (non-hydrogen) atoms. The second-order valence-electron chi connectivity index (χ2n) is 4.49. The van der Waals surface area contributed by atoms with E-state index in [1.807, 2.05) is 18.0 Å². The molecule has 1 heterocycles. The Balaban J connectivity index is 2.13. The number of aliphatic imine (C=N–C) groups is 1. The highest BCUT2D eigenvalue weighted by atomic mass is 32.2. The molecule has 3 atom stereocenters. The number of aliphatic hydroxyl groups excluding tert-OH is 1. The van der Waals surface area contributed by atoms with Crippen LogP contribution in [0.15, 0.2) is 4.99 Å². The van der Waals surface area contributed by atoms with Gasteiger partial charge in [-0.1, -0.05) is 26.2 Å². The van der Waals surface area contributed by atoms with Crippen LogP contribution in [0.1, 0.15) is 32.6 Å². The Bertz CT molecular complexity index is 231. The highest BCUT2D eigenvalue weighted by Crippen LogP contribution is 2.46. The monoisotopic (exact) mass is 213 g/mol. The first-order chi connectivity index (χ1) is 6.78. The van der Waals surface area contributed by atoms with Crippen molar-refractivity contribution in [3.05, 3.63) is 0 Å². The molecule has 0 radical (unpaired) electrons. The lowest BCUT2D eigenvalue weighted by Gasteiger charge is -2.39. The van der Waals surface area contributed by atoms with Gasteiger partial charge in [-0.05, 0) is 18.3 Å². The van der Waals surface area contributed by atoms with E-state index in [1.54, 1.807) is 0 Å². The van der Waals surface area contributed by atoms with Crippen molar-refractivity contribution < 1.29 is 5.11 Å². The molecular formula is C11H19NOS. The van der Waals surface area contributed by atoms with E-state index in [0.29, 0.717) is 5.92 Å². The first-order valence-corrected chi connectivity index (χ1v) is 6.55. The Morgan fingerprint density at radius 3 is 2.86 bits per heavy atom. The third-order valence-corrected chi connectivity index (χ3v) is 4.99. The lowest BCUT2D eigenvalue weighted by atomic mass is 9.76. The molecule has 0 spiro atoms. The van der Waals surface area contributed by atoms with E-state index in [1.165, 1.54) is 25.7 Å². The number of nitrogens with zero attached hydrogens (tertiary/aromatic N) is 1. The first kappa shape index (κ1) is 10.5. The van der Waals surface area contributed by atoms with E-state index in [9.17, 15) is 5.11 Å². The van der Waals surface area contributed by atoms with Gasteiger partial charge in [-0.25, -0.2) is 0 Å². The van der Waals surface area contributed by atoms with Crippen LogP contribution in [0.4, 0.5) is 0 Å².